The van der Waals surface area contributed by atoms with Crippen LogP contribution in [0.2, 0.25) is 0 Å². The summed E-state index contributed by atoms with van der Waals surface area (Å²) in [6.07, 6.45) is 3.09. The average molecular weight is 514 g/mol. The van der Waals surface area contributed by atoms with Crippen molar-refractivity contribution in [2.45, 2.75) is 13.5 Å². The molecule has 37 heavy (non-hydrogen) atoms. The van der Waals surface area contributed by atoms with Crippen molar-refractivity contribution in [2.24, 2.45) is 0 Å². The Morgan fingerprint density at radius 3 is 2.38 bits per heavy atom. The first-order valence-corrected chi connectivity index (χ1v) is 12.6. The highest BCUT2D eigenvalue weighted by Crippen LogP contribution is 2.36. The second-order valence-corrected chi connectivity index (χ2v) is 8.83. The van der Waals surface area contributed by atoms with Crippen LogP contribution in [0.4, 0.5) is 5.00 Å². The minimum absolute atomic E-state index is 0.239. The normalized spacial score (nSPS) is 10.8. The number of esters is 1. The predicted octanol–water partition coefficient (Wildman–Crippen LogP) is 6.83. The van der Waals surface area contributed by atoms with Crippen LogP contribution in [0.3, 0.4) is 0 Å². The molecule has 0 fully saturated rings. The van der Waals surface area contributed by atoms with E-state index in [1.165, 1.54) is 17.4 Å². The van der Waals surface area contributed by atoms with Crippen molar-refractivity contribution in [1.82, 2.24) is 0 Å². The van der Waals surface area contributed by atoms with Gasteiger partial charge in [0.15, 0.2) is 11.5 Å². The van der Waals surface area contributed by atoms with Gasteiger partial charge >= 0.3 is 5.97 Å². The van der Waals surface area contributed by atoms with Crippen LogP contribution in [0.5, 0.6) is 11.5 Å². The van der Waals surface area contributed by atoms with Crippen LogP contribution < -0.4 is 14.8 Å². The Morgan fingerprint density at radius 2 is 1.68 bits per heavy atom. The Labute approximate surface area is 220 Å². The van der Waals surface area contributed by atoms with Gasteiger partial charge in [-0.25, -0.2) is 4.79 Å². The lowest BCUT2D eigenvalue weighted by molar-refractivity contribution is -0.111. The summed E-state index contributed by atoms with van der Waals surface area (Å²) in [5, 5.41) is 5.11. The summed E-state index contributed by atoms with van der Waals surface area (Å²) in [6, 6.07) is 24.8. The number of hydrogen-bond acceptors (Lipinski definition) is 6. The Kier molecular flexibility index (Phi) is 8.73. The average Bonchev–Trinajstić information content (AvgIpc) is 3.35. The van der Waals surface area contributed by atoms with Crippen LogP contribution in [0.15, 0.2) is 90.3 Å². The molecule has 0 aliphatic heterocycles. The van der Waals surface area contributed by atoms with E-state index in [9.17, 15) is 9.59 Å². The fourth-order valence-corrected chi connectivity index (χ4v) is 4.61. The van der Waals surface area contributed by atoms with Crippen LogP contribution >= 0.6 is 11.3 Å². The Balaban J connectivity index is 1.47. The van der Waals surface area contributed by atoms with Crippen LogP contribution in [0, 0.1) is 0 Å². The van der Waals surface area contributed by atoms with Crippen LogP contribution in [-0.4, -0.2) is 25.6 Å². The summed E-state index contributed by atoms with van der Waals surface area (Å²) in [7, 11) is 1.57. The minimum Gasteiger partial charge on any atom is -0.493 e. The number of rotatable bonds is 10. The second-order valence-electron chi connectivity index (χ2n) is 7.95. The third-order valence-corrected chi connectivity index (χ3v) is 6.34. The maximum atomic E-state index is 12.7. The zero-order valence-corrected chi connectivity index (χ0v) is 21.4. The fraction of sp³-hybridized carbons (Fsp3) is 0.133. The first-order valence-electron chi connectivity index (χ1n) is 11.8. The monoisotopic (exact) mass is 513 g/mol. The summed E-state index contributed by atoms with van der Waals surface area (Å²) in [5.74, 6) is 0.334. The smallest absolute Gasteiger partial charge is 0.341 e. The zero-order chi connectivity index (χ0) is 26.0. The molecule has 1 aromatic heterocycles. The van der Waals surface area contributed by atoms with Crippen molar-refractivity contribution in [3.05, 3.63) is 107 Å². The summed E-state index contributed by atoms with van der Waals surface area (Å²) in [4.78, 5) is 25.5. The van der Waals surface area contributed by atoms with Gasteiger partial charge in [0, 0.05) is 17.0 Å². The van der Waals surface area contributed by atoms with E-state index in [1.807, 2.05) is 78.2 Å². The van der Waals surface area contributed by atoms with Crippen LogP contribution in [-0.2, 0) is 16.1 Å². The van der Waals surface area contributed by atoms with Crippen molar-refractivity contribution >= 4 is 34.3 Å². The lowest BCUT2D eigenvalue weighted by atomic mass is 10.0. The van der Waals surface area contributed by atoms with Crippen molar-refractivity contribution in [3.8, 4) is 22.6 Å². The molecule has 7 heteroatoms. The quantitative estimate of drug-likeness (QED) is 0.186. The number of hydrogen-bond donors (Lipinski definition) is 1. The van der Waals surface area contributed by atoms with Gasteiger partial charge in [0.05, 0.1) is 13.7 Å². The molecule has 0 spiro atoms. The Bertz CT molecular complexity index is 1380. The molecular weight excluding hydrogens is 486 g/mol. The number of anilines is 1. The summed E-state index contributed by atoms with van der Waals surface area (Å²) < 4.78 is 16.6. The molecule has 4 rings (SSSR count). The highest BCUT2D eigenvalue weighted by molar-refractivity contribution is 7.15. The second kappa shape index (κ2) is 12.6. The van der Waals surface area contributed by atoms with E-state index in [1.54, 1.807) is 26.2 Å². The van der Waals surface area contributed by atoms with Gasteiger partial charge < -0.3 is 19.5 Å². The standard InChI is InChI=1S/C30H27NO5S/c1-3-35-30(33)28-24(23-12-8-5-9-13-23)20-37-29(28)31-27(32)17-15-21-14-16-25(26(18-21)34-2)36-19-22-10-6-4-7-11-22/h4-18,20H,3,19H2,1-2H3,(H,31,32). The topological polar surface area (TPSA) is 73.9 Å². The number of methoxy groups -OCH3 is 1. The summed E-state index contributed by atoms with van der Waals surface area (Å²) in [5.41, 5.74) is 3.76. The number of ether oxygens (including phenoxy) is 3. The van der Waals surface area contributed by atoms with Crippen LogP contribution in [0.25, 0.3) is 17.2 Å². The highest BCUT2D eigenvalue weighted by Gasteiger charge is 2.22. The van der Waals surface area contributed by atoms with Gasteiger partial charge in [-0.3, -0.25) is 4.79 Å². The zero-order valence-electron chi connectivity index (χ0n) is 20.6. The van der Waals surface area contributed by atoms with E-state index in [0.717, 1.165) is 22.3 Å². The van der Waals surface area contributed by atoms with Gasteiger partial charge in [-0.15, -0.1) is 11.3 Å². The van der Waals surface area contributed by atoms with E-state index in [4.69, 9.17) is 14.2 Å². The Morgan fingerprint density at radius 1 is 0.946 bits per heavy atom. The number of thiophene rings is 1. The molecule has 1 N–H and O–H groups in total. The van der Waals surface area contributed by atoms with E-state index < -0.39 is 5.97 Å². The molecule has 1 heterocycles. The third-order valence-electron chi connectivity index (χ3n) is 5.44. The number of amides is 1. The molecule has 6 nitrogen and oxygen atoms in total. The van der Waals surface area contributed by atoms with Gasteiger partial charge in [0.2, 0.25) is 5.91 Å². The first-order chi connectivity index (χ1) is 18.1. The molecule has 188 valence electrons. The summed E-state index contributed by atoms with van der Waals surface area (Å²) in [6.45, 7) is 2.41. The third kappa shape index (κ3) is 6.65. The molecule has 0 atom stereocenters. The Hall–Kier alpha value is -4.36. The maximum absolute atomic E-state index is 12.7. The SMILES string of the molecule is CCOC(=O)c1c(-c2ccccc2)csc1NC(=O)C=Cc1ccc(OCc2ccccc2)c(OC)c1. The van der Waals surface area contributed by atoms with E-state index in [2.05, 4.69) is 5.32 Å². The van der Waals surface area contributed by atoms with Gasteiger partial charge in [-0.2, -0.15) is 0 Å². The number of carbonyl (C=O) groups is 2. The largest absolute Gasteiger partial charge is 0.493 e. The highest BCUT2D eigenvalue weighted by atomic mass is 32.1. The van der Waals surface area contributed by atoms with Crippen molar-refractivity contribution < 1.29 is 23.8 Å². The van der Waals surface area contributed by atoms with Crippen molar-refractivity contribution in [3.63, 3.8) is 0 Å². The molecule has 1 amide bonds. The van der Waals surface area contributed by atoms with Crippen molar-refractivity contribution in [2.75, 3.05) is 19.0 Å². The number of carbonyl (C=O) groups excluding carboxylic acids is 2. The minimum atomic E-state index is -0.474. The van der Waals surface area contributed by atoms with Gasteiger partial charge in [0.25, 0.3) is 0 Å². The number of nitrogens with one attached hydrogen (secondary N) is 1. The molecule has 0 aliphatic carbocycles. The van der Waals surface area contributed by atoms with E-state index >= 15 is 0 Å². The molecule has 4 aromatic rings. The molecule has 0 aliphatic rings. The van der Waals surface area contributed by atoms with Crippen LogP contribution in [0.1, 0.15) is 28.4 Å². The predicted molar refractivity (Wildman–Crippen MR) is 147 cm³/mol. The lowest BCUT2D eigenvalue weighted by Crippen LogP contribution is -2.12. The fourth-order valence-electron chi connectivity index (χ4n) is 3.65. The first kappa shape index (κ1) is 25.7. The van der Waals surface area contributed by atoms with Gasteiger partial charge in [-0.05, 0) is 41.8 Å². The molecule has 0 saturated heterocycles. The van der Waals surface area contributed by atoms with Gasteiger partial charge in [0.1, 0.15) is 17.2 Å². The van der Waals surface area contributed by atoms with E-state index in [-0.39, 0.29) is 12.5 Å². The lowest BCUT2D eigenvalue weighted by Gasteiger charge is -2.11. The molecule has 0 saturated carbocycles. The van der Waals surface area contributed by atoms with E-state index in [0.29, 0.717) is 28.7 Å². The molecule has 0 bridgehead atoms. The number of benzene rings is 3. The summed E-state index contributed by atoms with van der Waals surface area (Å²) >= 11 is 1.28. The van der Waals surface area contributed by atoms with Gasteiger partial charge in [-0.1, -0.05) is 66.7 Å². The molecular formula is C30H27NO5S. The van der Waals surface area contributed by atoms with Crippen molar-refractivity contribution in [1.29, 1.82) is 0 Å². The maximum Gasteiger partial charge on any atom is 0.341 e. The molecule has 0 unspecified atom stereocenters. The molecule has 3 aromatic carbocycles. The molecule has 0 radical (unpaired) electrons.